The molecular formula is C12H16ClFN2. The van der Waals surface area contributed by atoms with Crippen LogP contribution in [0, 0.1) is 0 Å². The highest BCUT2D eigenvalue weighted by Gasteiger charge is 2.13. The molecule has 0 aromatic heterocycles. The minimum atomic E-state index is -0.465. The molecule has 0 amide bonds. The molecule has 1 saturated heterocycles. The molecule has 0 radical (unpaired) electrons. The van der Waals surface area contributed by atoms with Gasteiger partial charge < -0.3 is 10.6 Å². The van der Waals surface area contributed by atoms with Crippen molar-refractivity contribution in [1.29, 1.82) is 0 Å². The maximum absolute atomic E-state index is 12.4. The number of alkyl halides is 1. The van der Waals surface area contributed by atoms with Crippen molar-refractivity contribution in [1.82, 2.24) is 5.32 Å². The van der Waals surface area contributed by atoms with Gasteiger partial charge in [-0.1, -0.05) is 17.7 Å². The number of rotatable bonds is 3. The van der Waals surface area contributed by atoms with Crippen molar-refractivity contribution in [2.24, 2.45) is 0 Å². The highest BCUT2D eigenvalue weighted by atomic mass is 35.5. The van der Waals surface area contributed by atoms with E-state index in [-0.39, 0.29) is 0 Å². The number of anilines is 1. The van der Waals surface area contributed by atoms with E-state index < -0.39 is 6.67 Å². The molecule has 88 valence electrons. The predicted molar refractivity (Wildman–Crippen MR) is 65.8 cm³/mol. The molecule has 1 heterocycles. The van der Waals surface area contributed by atoms with E-state index in [4.69, 9.17) is 11.6 Å². The van der Waals surface area contributed by atoms with Crippen molar-refractivity contribution >= 4 is 17.3 Å². The van der Waals surface area contributed by atoms with Crippen molar-refractivity contribution in [3.8, 4) is 0 Å². The Morgan fingerprint density at radius 1 is 1.38 bits per heavy atom. The first-order valence-corrected chi connectivity index (χ1v) is 5.99. The lowest BCUT2D eigenvalue weighted by molar-refractivity contribution is 0.478. The zero-order chi connectivity index (χ0) is 11.4. The summed E-state index contributed by atoms with van der Waals surface area (Å²) in [5.41, 5.74) is 1.53. The normalized spacial score (nSPS) is 17.4. The standard InChI is InChI=1S/C12H16ClFN2/c13-11-7-9(8-14)1-2-12(11)16-10-3-5-15-6-4-10/h1-2,7,10,15-16H,3-6,8H2. The summed E-state index contributed by atoms with van der Waals surface area (Å²) in [5.74, 6) is 0. The molecule has 1 aromatic carbocycles. The molecule has 1 fully saturated rings. The van der Waals surface area contributed by atoms with Crippen molar-refractivity contribution in [3.05, 3.63) is 28.8 Å². The number of benzene rings is 1. The molecule has 16 heavy (non-hydrogen) atoms. The summed E-state index contributed by atoms with van der Waals surface area (Å²) in [6.07, 6.45) is 2.20. The third kappa shape index (κ3) is 2.86. The minimum absolute atomic E-state index is 0.465. The molecule has 1 aliphatic rings. The molecule has 0 atom stereocenters. The van der Waals surface area contributed by atoms with Gasteiger partial charge in [0.25, 0.3) is 0 Å². The van der Waals surface area contributed by atoms with Crippen LogP contribution in [-0.4, -0.2) is 19.1 Å². The van der Waals surface area contributed by atoms with E-state index >= 15 is 0 Å². The molecule has 4 heteroatoms. The van der Waals surface area contributed by atoms with Crippen molar-refractivity contribution in [2.75, 3.05) is 18.4 Å². The van der Waals surface area contributed by atoms with Crippen LogP contribution in [0.25, 0.3) is 0 Å². The summed E-state index contributed by atoms with van der Waals surface area (Å²) in [5, 5.41) is 7.32. The molecule has 0 saturated carbocycles. The van der Waals surface area contributed by atoms with Crippen LogP contribution >= 0.6 is 11.6 Å². The third-order valence-corrected chi connectivity index (χ3v) is 3.20. The molecule has 1 aromatic rings. The molecule has 1 aliphatic heterocycles. The molecule has 0 aliphatic carbocycles. The molecule has 2 nitrogen and oxygen atoms in total. The van der Waals surface area contributed by atoms with Gasteiger partial charge in [0.1, 0.15) is 6.67 Å². The molecule has 2 N–H and O–H groups in total. The van der Waals surface area contributed by atoms with E-state index in [1.165, 1.54) is 0 Å². The zero-order valence-corrected chi connectivity index (χ0v) is 9.86. The number of halogens is 2. The van der Waals surface area contributed by atoms with Gasteiger partial charge in [-0.05, 0) is 43.6 Å². The lowest BCUT2D eigenvalue weighted by atomic mass is 10.1. The first-order chi connectivity index (χ1) is 7.79. The fraction of sp³-hybridized carbons (Fsp3) is 0.500. The van der Waals surface area contributed by atoms with E-state index in [0.29, 0.717) is 16.6 Å². The Kier molecular flexibility index (Phi) is 4.02. The average Bonchev–Trinajstić information content (AvgIpc) is 2.33. The van der Waals surface area contributed by atoms with E-state index in [9.17, 15) is 4.39 Å². The lowest BCUT2D eigenvalue weighted by Gasteiger charge is -2.25. The molecule has 0 spiro atoms. The van der Waals surface area contributed by atoms with E-state index in [1.807, 2.05) is 6.07 Å². The summed E-state index contributed by atoms with van der Waals surface area (Å²) in [4.78, 5) is 0. The molecule has 2 rings (SSSR count). The Bertz CT molecular complexity index is 351. The van der Waals surface area contributed by atoms with Crippen LogP contribution in [0.1, 0.15) is 18.4 Å². The number of hydrogen-bond acceptors (Lipinski definition) is 2. The highest BCUT2D eigenvalue weighted by Crippen LogP contribution is 2.25. The monoisotopic (exact) mass is 242 g/mol. The number of hydrogen-bond donors (Lipinski definition) is 2. The smallest absolute Gasteiger partial charge is 0.115 e. The van der Waals surface area contributed by atoms with Gasteiger partial charge in [-0.15, -0.1) is 0 Å². The summed E-state index contributed by atoms with van der Waals surface area (Å²) in [6, 6.07) is 5.79. The topological polar surface area (TPSA) is 24.1 Å². The van der Waals surface area contributed by atoms with Crippen LogP contribution in [0.15, 0.2) is 18.2 Å². The highest BCUT2D eigenvalue weighted by molar-refractivity contribution is 6.33. The lowest BCUT2D eigenvalue weighted by Crippen LogP contribution is -2.35. The van der Waals surface area contributed by atoms with E-state index in [1.54, 1.807) is 12.1 Å². The first kappa shape index (κ1) is 11.7. The Morgan fingerprint density at radius 3 is 2.75 bits per heavy atom. The van der Waals surface area contributed by atoms with Crippen LogP contribution < -0.4 is 10.6 Å². The Morgan fingerprint density at radius 2 is 2.12 bits per heavy atom. The van der Waals surface area contributed by atoms with Gasteiger partial charge in [-0.3, -0.25) is 0 Å². The predicted octanol–water partition coefficient (Wildman–Crippen LogP) is 2.97. The van der Waals surface area contributed by atoms with E-state index in [0.717, 1.165) is 31.6 Å². The molecule has 0 unspecified atom stereocenters. The van der Waals surface area contributed by atoms with Gasteiger partial charge in [-0.2, -0.15) is 0 Å². The fourth-order valence-electron chi connectivity index (χ4n) is 1.94. The second kappa shape index (κ2) is 5.51. The quantitative estimate of drug-likeness (QED) is 0.852. The molecule has 0 bridgehead atoms. The maximum atomic E-state index is 12.4. The van der Waals surface area contributed by atoms with Crippen LogP contribution in [0.3, 0.4) is 0 Å². The summed E-state index contributed by atoms with van der Waals surface area (Å²) >= 11 is 6.08. The van der Waals surface area contributed by atoms with Gasteiger partial charge >= 0.3 is 0 Å². The van der Waals surface area contributed by atoms with E-state index in [2.05, 4.69) is 10.6 Å². The van der Waals surface area contributed by atoms with Gasteiger partial charge in [0.2, 0.25) is 0 Å². The van der Waals surface area contributed by atoms with Crippen LogP contribution in [0.5, 0.6) is 0 Å². The zero-order valence-electron chi connectivity index (χ0n) is 9.10. The fourth-order valence-corrected chi connectivity index (χ4v) is 2.20. The average molecular weight is 243 g/mol. The summed E-state index contributed by atoms with van der Waals surface area (Å²) < 4.78 is 12.4. The Balaban J connectivity index is 2.03. The van der Waals surface area contributed by atoms with Crippen LogP contribution in [0.4, 0.5) is 10.1 Å². The van der Waals surface area contributed by atoms with Crippen LogP contribution in [0.2, 0.25) is 5.02 Å². The maximum Gasteiger partial charge on any atom is 0.115 e. The second-order valence-electron chi connectivity index (χ2n) is 4.12. The first-order valence-electron chi connectivity index (χ1n) is 5.61. The number of piperidine rings is 1. The molecular weight excluding hydrogens is 227 g/mol. The third-order valence-electron chi connectivity index (χ3n) is 2.89. The SMILES string of the molecule is FCc1ccc(NC2CCNCC2)c(Cl)c1. The van der Waals surface area contributed by atoms with Crippen LogP contribution in [-0.2, 0) is 6.67 Å². The van der Waals surface area contributed by atoms with Gasteiger partial charge in [-0.25, -0.2) is 4.39 Å². The van der Waals surface area contributed by atoms with Crippen molar-refractivity contribution < 1.29 is 4.39 Å². The largest absolute Gasteiger partial charge is 0.381 e. The van der Waals surface area contributed by atoms with Gasteiger partial charge in [0, 0.05) is 6.04 Å². The summed E-state index contributed by atoms with van der Waals surface area (Å²) in [7, 11) is 0. The number of nitrogens with one attached hydrogen (secondary N) is 2. The Hall–Kier alpha value is -0.800. The Labute approximate surface area is 100 Å². The van der Waals surface area contributed by atoms with Crippen molar-refractivity contribution in [2.45, 2.75) is 25.6 Å². The van der Waals surface area contributed by atoms with Crippen molar-refractivity contribution in [3.63, 3.8) is 0 Å². The van der Waals surface area contributed by atoms with Gasteiger partial charge in [0.15, 0.2) is 0 Å². The minimum Gasteiger partial charge on any atom is -0.381 e. The summed E-state index contributed by atoms with van der Waals surface area (Å²) in [6.45, 7) is 1.61. The second-order valence-corrected chi connectivity index (χ2v) is 4.52. The van der Waals surface area contributed by atoms with Gasteiger partial charge in [0.05, 0.1) is 10.7 Å².